The molecule has 6 rings (SSSR count). The number of methoxy groups -OCH3 is 1. The average molecular weight is 598 g/mol. The number of thiophene rings is 1. The van der Waals surface area contributed by atoms with E-state index in [2.05, 4.69) is 52.1 Å². The number of aromatic nitrogens is 4. The van der Waals surface area contributed by atoms with Gasteiger partial charge in [0.05, 0.1) is 30.9 Å². The molecule has 3 aromatic heterocycles. The summed E-state index contributed by atoms with van der Waals surface area (Å²) in [6.07, 6.45) is 0.807. The van der Waals surface area contributed by atoms with E-state index in [4.69, 9.17) is 9.47 Å². The molecule has 0 radical (unpaired) electrons. The number of hydrogen-bond donors (Lipinski definition) is 0. The van der Waals surface area contributed by atoms with Crippen molar-refractivity contribution in [1.29, 1.82) is 0 Å². The van der Waals surface area contributed by atoms with Gasteiger partial charge in [-0.05, 0) is 53.4 Å². The van der Waals surface area contributed by atoms with E-state index in [1.54, 1.807) is 34.8 Å². The van der Waals surface area contributed by atoms with Crippen molar-refractivity contribution in [3.63, 3.8) is 0 Å². The molecule has 0 N–H and O–H groups in total. The Morgan fingerprint density at radius 2 is 1.92 bits per heavy atom. The Kier molecular flexibility index (Phi) is 6.60. The normalized spacial score (nSPS) is 15.5. The summed E-state index contributed by atoms with van der Waals surface area (Å²) in [5.74, 6) is 2.33. The first kappa shape index (κ1) is 24.7. The second kappa shape index (κ2) is 9.90. The molecule has 0 spiro atoms. The molecule has 1 aliphatic rings. The van der Waals surface area contributed by atoms with Crippen LogP contribution in [0.3, 0.4) is 0 Å². The lowest BCUT2D eigenvalue weighted by atomic mass is 9.96. The molecule has 0 amide bonds. The first-order valence-corrected chi connectivity index (χ1v) is 14.6. The van der Waals surface area contributed by atoms with Crippen molar-refractivity contribution in [2.75, 3.05) is 7.11 Å². The molecule has 10 heteroatoms. The number of benzene rings is 2. The lowest BCUT2D eigenvalue weighted by Gasteiger charge is -2.26. The fraction of sp³-hybridized carbons (Fsp3) is 0.296. The number of fused-ring (bicyclic) bond motifs is 5. The van der Waals surface area contributed by atoms with E-state index < -0.39 is 0 Å². The molecule has 5 aromatic rings. The Bertz CT molecular complexity index is 1660. The zero-order valence-electron chi connectivity index (χ0n) is 20.6. The molecule has 1 unspecified atom stereocenters. The Hall–Kier alpha value is -2.66. The molecule has 1 aliphatic heterocycles. The number of rotatable bonds is 6. The van der Waals surface area contributed by atoms with Gasteiger partial charge in [-0.15, -0.1) is 21.5 Å². The second-order valence-corrected chi connectivity index (χ2v) is 12.3. The molecular weight excluding hydrogens is 572 g/mol. The van der Waals surface area contributed by atoms with Crippen molar-refractivity contribution in [2.24, 2.45) is 5.92 Å². The summed E-state index contributed by atoms with van der Waals surface area (Å²) in [6, 6.07) is 15.7. The van der Waals surface area contributed by atoms with E-state index in [1.807, 2.05) is 40.8 Å². The van der Waals surface area contributed by atoms with Crippen molar-refractivity contribution >= 4 is 55.0 Å². The summed E-state index contributed by atoms with van der Waals surface area (Å²) in [6.45, 7) is 4.84. The Morgan fingerprint density at radius 1 is 1.16 bits per heavy atom. The van der Waals surface area contributed by atoms with Crippen LogP contribution >= 0.6 is 39.0 Å². The molecule has 0 aliphatic carbocycles. The van der Waals surface area contributed by atoms with Crippen LogP contribution in [0.5, 0.6) is 5.75 Å². The van der Waals surface area contributed by atoms with Crippen LogP contribution in [-0.4, -0.2) is 32.4 Å². The van der Waals surface area contributed by atoms with Gasteiger partial charge >= 0.3 is 0 Å². The monoisotopic (exact) mass is 596 g/mol. The third-order valence-electron chi connectivity index (χ3n) is 6.70. The van der Waals surface area contributed by atoms with Gasteiger partial charge in [0.2, 0.25) is 5.78 Å². The van der Waals surface area contributed by atoms with E-state index in [1.165, 1.54) is 5.56 Å². The van der Waals surface area contributed by atoms with E-state index in [-0.39, 0.29) is 11.7 Å². The SMILES string of the molecule is COc1ccc(-n2c(=O)c3c4c(sc3n3c(SCc5ccc(Br)cc5)nnc23)COC(C(C)C)C4)cc1. The highest BCUT2D eigenvalue weighted by molar-refractivity contribution is 9.10. The van der Waals surface area contributed by atoms with Crippen LogP contribution in [0.25, 0.3) is 21.7 Å². The summed E-state index contributed by atoms with van der Waals surface area (Å²) in [5.41, 5.74) is 2.92. The zero-order valence-corrected chi connectivity index (χ0v) is 23.8. The quantitative estimate of drug-likeness (QED) is 0.216. The van der Waals surface area contributed by atoms with Gasteiger partial charge in [0.25, 0.3) is 5.56 Å². The van der Waals surface area contributed by atoms with E-state index in [9.17, 15) is 4.79 Å². The van der Waals surface area contributed by atoms with Crippen molar-refractivity contribution < 1.29 is 9.47 Å². The fourth-order valence-corrected chi connectivity index (χ4v) is 7.10. The second-order valence-electron chi connectivity index (χ2n) is 9.35. The predicted octanol–water partition coefficient (Wildman–Crippen LogP) is 6.26. The molecule has 1 atom stereocenters. The summed E-state index contributed by atoms with van der Waals surface area (Å²) in [7, 11) is 1.63. The molecule has 2 aromatic carbocycles. The van der Waals surface area contributed by atoms with Gasteiger partial charge in [0.15, 0.2) is 5.16 Å². The van der Waals surface area contributed by atoms with E-state index >= 15 is 0 Å². The minimum absolute atomic E-state index is 0.0774. The first-order valence-electron chi connectivity index (χ1n) is 12.0. The number of thioether (sulfide) groups is 1. The highest BCUT2D eigenvalue weighted by atomic mass is 79.9. The summed E-state index contributed by atoms with van der Waals surface area (Å²) >= 11 is 6.73. The average Bonchev–Trinajstić information content (AvgIpc) is 3.50. The van der Waals surface area contributed by atoms with E-state index in [0.29, 0.717) is 18.3 Å². The topological polar surface area (TPSA) is 70.7 Å². The third-order valence-corrected chi connectivity index (χ3v) is 9.42. The molecular formula is C27H25BrN4O3S2. The van der Waals surface area contributed by atoms with Crippen molar-refractivity contribution in [3.05, 3.63) is 79.4 Å². The van der Waals surface area contributed by atoms with Crippen LogP contribution in [0.2, 0.25) is 0 Å². The van der Waals surface area contributed by atoms with Crippen LogP contribution in [0, 0.1) is 5.92 Å². The fourth-order valence-electron chi connectivity index (χ4n) is 4.65. The highest BCUT2D eigenvalue weighted by Gasteiger charge is 2.30. The zero-order chi connectivity index (χ0) is 25.7. The van der Waals surface area contributed by atoms with Gasteiger partial charge < -0.3 is 9.47 Å². The number of nitrogens with zero attached hydrogens (tertiary/aromatic N) is 4. The summed E-state index contributed by atoms with van der Waals surface area (Å²) < 4.78 is 16.2. The minimum Gasteiger partial charge on any atom is -0.497 e. The van der Waals surface area contributed by atoms with Gasteiger partial charge in [-0.1, -0.05) is 53.7 Å². The summed E-state index contributed by atoms with van der Waals surface area (Å²) in [4.78, 5) is 16.1. The van der Waals surface area contributed by atoms with Crippen LogP contribution in [0.4, 0.5) is 0 Å². The molecule has 0 fully saturated rings. The number of ether oxygens (including phenoxy) is 2. The van der Waals surface area contributed by atoms with Gasteiger partial charge in [-0.2, -0.15) is 0 Å². The predicted molar refractivity (Wildman–Crippen MR) is 151 cm³/mol. The van der Waals surface area contributed by atoms with Gasteiger partial charge in [0.1, 0.15) is 10.6 Å². The van der Waals surface area contributed by atoms with Gasteiger partial charge in [-0.25, -0.2) is 8.97 Å². The molecule has 190 valence electrons. The largest absolute Gasteiger partial charge is 0.497 e. The molecule has 7 nitrogen and oxygen atoms in total. The van der Waals surface area contributed by atoms with Crippen LogP contribution in [0.15, 0.2) is 63.0 Å². The van der Waals surface area contributed by atoms with E-state index in [0.717, 1.165) is 53.9 Å². The molecule has 37 heavy (non-hydrogen) atoms. The van der Waals surface area contributed by atoms with Crippen LogP contribution in [0.1, 0.15) is 29.9 Å². The first-order chi connectivity index (χ1) is 17.9. The lowest BCUT2D eigenvalue weighted by Crippen LogP contribution is -2.28. The Morgan fingerprint density at radius 3 is 2.62 bits per heavy atom. The highest BCUT2D eigenvalue weighted by Crippen LogP contribution is 2.38. The van der Waals surface area contributed by atoms with Crippen molar-refractivity contribution in [2.45, 2.75) is 43.9 Å². The maximum Gasteiger partial charge on any atom is 0.268 e. The summed E-state index contributed by atoms with van der Waals surface area (Å²) in [5, 5.41) is 10.6. The minimum atomic E-state index is -0.0774. The molecule has 4 heterocycles. The standard InChI is InChI=1S/C27H25BrN4O3S2/c1-15(2)21-12-20-22(13-35-21)37-25-23(20)24(33)31(18-8-10-19(34-3)11-9-18)26-29-30-27(32(25)26)36-14-16-4-6-17(28)7-5-16/h4-11,15,21H,12-14H2,1-3H3. The maximum absolute atomic E-state index is 14.1. The van der Waals surface area contributed by atoms with Gasteiger partial charge in [0, 0.05) is 21.5 Å². The van der Waals surface area contributed by atoms with Crippen molar-refractivity contribution in [3.8, 4) is 11.4 Å². The smallest absolute Gasteiger partial charge is 0.268 e. The van der Waals surface area contributed by atoms with Crippen LogP contribution in [-0.2, 0) is 23.5 Å². The molecule has 0 saturated heterocycles. The van der Waals surface area contributed by atoms with Crippen LogP contribution < -0.4 is 10.3 Å². The number of hydrogen-bond acceptors (Lipinski definition) is 7. The third kappa shape index (κ3) is 4.39. The maximum atomic E-state index is 14.1. The lowest BCUT2D eigenvalue weighted by molar-refractivity contribution is 0.00200. The molecule has 0 saturated carbocycles. The Labute approximate surface area is 230 Å². The van der Waals surface area contributed by atoms with Crippen molar-refractivity contribution in [1.82, 2.24) is 19.2 Å². The van der Waals surface area contributed by atoms with Gasteiger partial charge in [-0.3, -0.25) is 4.79 Å². The number of halogens is 1. The molecule has 0 bridgehead atoms. The Balaban J connectivity index is 1.56.